The number of halogens is 8. The predicted octanol–water partition coefficient (Wildman–Crippen LogP) is 6.13. The number of carboxylic acid groups (broad SMARTS) is 2. The van der Waals surface area contributed by atoms with Crippen LogP contribution in [0.25, 0.3) is 10.9 Å². The maximum atomic E-state index is 14.0. The van der Waals surface area contributed by atoms with Crippen LogP contribution in [0.5, 0.6) is 5.75 Å². The van der Waals surface area contributed by atoms with E-state index in [0.29, 0.717) is 11.1 Å². The molecule has 1 atom stereocenters. The Balaban J connectivity index is 0.000000860. The number of carbonyl (C=O) groups is 3. The number of aliphatic carboxylic acids is 1. The van der Waals surface area contributed by atoms with Gasteiger partial charge in [0.1, 0.15) is 29.5 Å². The average molecular weight is 639 g/mol. The van der Waals surface area contributed by atoms with Gasteiger partial charge in [-0.05, 0) is 44.5 Å². The van der Waals surface area contributed by atoms with Gasteiger partial charge in [-0.15, -0.1) is 0 Å². The molecule has 2 aromatic carbocycles. The van der Waals surface area contributed by atoms with Gasteiger partial charge in [-0.2, -0.15) is 26.3 Å². The van der Waals surface area contributed by atoms with Crippen molar-refractivity contribution >= 4 is 28.9 Å². The van der Waals surface area contributed by atoms with Gasteiger partial charge in [-0.3, -0.25) is 4.79 Å². The number of carbonyl (C=O) groups excluding carboxylic acids is 1. The van der Waals surface area contributed by atoms with Crippen LogP contribution in [-0.4, -0.2) is 57.6 Å². The SMILES string of the molecule is Cc1cc(C(=O)NCC(C)(CCC(F)(F)F)NC(=O)O)c2cccc(OCc3c(F)cccc3F)c2n1.O=C(O)C(F)(F)F. The number of alkyl halides is 6. The van der Waals surface area contributed by atoms with Gasteiger partial charge in [-0.25, -0.2) is 23.4 Å². The number of para-hydroxylation sites is 1. The molecule has 44 heavy (non-hydrogen) atoms. The molecule has 0 fully saturated rings. The van der Waals surface area contributed by atoms with E-state index in [-0.39, 0.29) is 22.4 Å². The molecule has 240 valence electrons. The highest BCUT2D eigenvalue weighted by molar-refractivity contribution is 6.07. The van der Waals surface area contributed by atoms with Crippen molar-refractivity contribution in [2.45, 2.75) is 51.2 Å². The minimum atomic E-state index is -5.08. The second-order valence-electron chi connectivity index (χ2n) is 9.54. The Hall–Kier alpha value is -4.70. The molecule has 17 heteroatoms. The summed E-state index contributed by atoms with van der Waals surface area (Å²) >= 11 is 0. The number of pyridine rings is 1. The zero-order valence-electron chi connectivity index (χ0n) is 22.9. The van der Waals surface area contributed by atoms with Crippen LogP contribution < -0.4 is 15.4 Å². The second-order valence-corrected chi connectivity index (χ2v) is 9.54. The van der Waals surface area contributed by atoms with Crippen LogP contribution in [0.4, 0.5) is 39.9 Å². The van der Waals surface area contributed by atoms with Crippen LogP contribution in [0, 0.1) is 18.6 Å². The molecule has 1 aromatic heterocycles. The standard InChI is InChI=1S/C25H24F5N3O4.C2HF3O2/c1-14-11-16(22(34)31-13-24(2,33-23(35)36)9-10-25(28,29)30)15-5-3-8-20(21(15)32-14)37-12-17-18(26)6-4-7-19(17)27;3-2(4,5)1(6)7/h3-8,11,33H,9-10,12-13H2,1-2H3,(H,31,34)(H,35,36);(H,6,7). The number of fused-ring (bicyclic) bond motifs is 1. The largest absolute Gasteiger partial charge is 0.490 e. The molecular formula is C27H25F8N3O6. The smallest absolute Gasteiger partial charge is 0.486 e. The summed E-state index contributed by atoms with van der Waals surface area (Å²) < 4.78 is 104. The summed E-state index contributed by atoms with van der Waals surface area (Å²) in [6, 6.07) is 9.49. The molecule has 0 aliphatic rings. The first-order valence-corrected chi connectivity index (χ1v) is 12.3. The summed E-state index contributed by atoms with van der Waals surface area (Å²) in [6.07, 6.45) is -13.0. The topological polar surface area (TPSA) is 138 Å². The maximum Gasteiger partial charge on any atom is 0.490 e. The number of carboxylic acids is 1. The minimum Gasteiger partial charge on any atom is -0.486 e. The molecule has 0 radical (unpaired) electrons. The molecular weight excluding hydrogens is 614 g/mol. The highest BCUT2D eigenvalue weighted by atomic mass is 19.4. The monoisotopic (exact) mass is 639 g/mol. The molecule has 0 spiro atoms. The highest BCUT2D eigenvalue weighted by Gasteiger charge is 2.38. The summed E-state index contributed by atoms with van der Waals surface area (Å²) in [5.41, 5.74) is -1.14. The number of nitrogens with zero attached hydrogens (tertiary/aromatic N) is 1. The van der Waals surface area contributed by atoms with Crippen molar-refractivity contribution in [1.29, 1.82) is 0 Å². The van der Waals surface area contributed by atoms with E-state index in [4.69, 9.17) is 19.7 Å². The molecule has 0 aliphatic carbocycles. The van der Waals surface area contributed by atoms with Crippen LogP contribution in [0.2, 0.25) is 0 Å². The van der Waals surface area contributed by atoms with Crippen LogP contribution in [0.3, 0.4) is 0 Å². The van der Waals surface area contributed by atoms with Crippen molar-refractivity contribution in [3.05, 3.63) is 70.9 Å². The summed E-state index contributed by atoms with van der Waals surface area (Å²) in [5, 5.41) is 21.0. The van der Waals surface area contributed by atoms with E-state index >= 15 is 0 Å². The molecule has 1 heterocycles. The van der Waals surface area contributed by atoms with Crippen LogP contribution in [0.15, 0.2) is 42.5 Å². The van der Waals surface area contributed by atoms with Gasteiger partial charge in [0.15, 0.2) is 0 Å². The van der Waals surface area contributed by atoms with E-state index in [0.717, 1.165) is 12.1 Å². The fraction of sp³-hybridized carbons (Fsp3) is 0.333. The van der Waals surface area contributed by atoms with E-state index < -0.39 is 73.5 Å². The second kappa shape index (κ2) is 14.2. The highest BCUT2D eigenvalue weighted by Crippen LogP contribution is 2.29. The first kappa shape index (κ1) is 35.5. The van der Waals surface area contributed by atoms with Crippen molar-refractivity contribution in [1.82, 2.24) is 15.6 Å². The van der Waals surface area contributed by atoms with Crippen LogP contribution >= 0.6 is 0 Å². The molecule has 0 saturated carbocycles. The quantitative estimate of drug-likeness (QED) is 0.207. The Bertz CT molecular complexity index is 1490. The molecule has 2 amide bonds. The molecule has 3 rings (SSSR count). The molecule has 1 unspecified atom stereocenters. The van der Waals surface area contributed by atoms with Gasteiger partial charge in [-0.1, -0.05) is 18.2 Å². The Kier molecular flexibility index (Phi) is 11.4. The van der Waals surface area contributed by atoms with Crippen LogP contribution in [-0.2, 0) is 11.4 Å². The third-order valence-electron chi connectivity index (χ3n) is 5.86. The number of aryl methyl sites for hydroxylation is 1. The Labute approximate surface area is 243 Å². The summed E-state index contributed by atoms with van der Waals surface area (Å²) in [6.45, 7) is 2.01. The third-order valence-corrected chi connectivity index (χ3v) is 5.86. The minimum absolute atomic E-state index is 0.110. The Morgan fingerprint density at radius 2 is 1.50 bits per heavy atom. The van der Waals surface area contributed by atoms with Crippen LogP contribution in [0.1, 0.15) is 41.4 Å². The van der Waals surface area contributed by atoms with Gasteiger partial charge >= 0.3 is 24.4 Å². The molecule has 9 nitrogen and oxygen atoms in total. The van der Waals surface area contributed by atoms with Crippen molar-refractivity contribution < 1.29 is 64.5 Å². The lowest BCUT2D eigenvalue weighted by Crippen LogP contribution is -2.53. The van der Waals surface area contributed by atoms with Crippen molar-refractivity contribution in [2.75, 3.05) is 6.54 Å². The normalized spacial score (nSPS) is 12.9. The van der Waals surface area contributed by atoms with Crippen molar-refractivity contribution in [2.24, 2.45) is 0 Å². The lowest BCUT2D eigenvalue weighted by Gasteiger charge is -2.30. The molecule has 4 N–H and O–H groups in total. The van der Waals surface area contributed by atoms with E-state index in [1.807, 2.05) is 5.32 Å². The lowest BCUT2D eigenvalue weighted by atomic mass is 9.95. The summed E-state index contributed by atoms with van der Waals surface area (Å²) in [5.74, 6) is -4.85. The number of ether oxygens (including phenoxy) is 1. The molecule has 0 bridgehead atoms. The molecule has 0 aliphatic heterocycles. The molecule has 0 saturated heterocycles. The summed E-state index contributed by atoms with van der Waals surface area (Å²) in [7, 11) is 0. The first-order valence-electron chi connectivity index (χ1n) is 12.3. The van der Waals surface area contributed by atoms with Gasteiger partial charge in [0.05, 0.1) is 16.7 Å². The number of benzene rings is 2. The molecule has 3 aromatic rings. The summed E-state index contributed by atoms with van der Waals surface area (Å²) in [4.78, 5) is 37.5. The Morgan fingerprint density at radius 3 is 2.02 bits per heavy atom. The van der Waals surface area contributed by atoms with Gasteiger partial charge < -0.3 is 25.6 Å². The van der Waals surface area contributed by atoms with E-state index in [9.17, 15) is 44.7 Å². The number of hydrogen-bond donors (Lipinski definition) is 4. The average Bonchev–Trinajstić information content (AvgIpc) is 2.89. The number of hydrogen-bond acceptors (Lipinski definition) is 5. The van der Waals surface area contributed by atoms with Crippen molar-refractivity contribution in [3.63, 3.8) is 0 Å². The number of nitrogens with one attached hydrogen (secondary N) is 2. The zero-order valence-corrected chi connectivity index (χ0v) is 22.9. The maximum absolute atomic E-state index is 14.0. The fourth-order valence-electron chi connectivity index (χ4n) is 3.72. The van der Waals surface area contributed by atoms with E-state index in [2.05, 4.69) is 10.3 Å². The first-order chi connectivity index (χ1) is 20.2. The third kappa shape index (κ3) is 10.5. The van der Waals surface area contributed by atoms with Gasteiger partial charge in [0.2, 0.25) is 0 Å². The fourth-order valence-corrected chi connectivity index (χ4v) is 3.72. The van der Waals surface area contributed by atoms with Gasteiger partial charge in [0.25, 0.3) is 5.91 Å². The van der Waals surface area contributed by atoms with Crippen molar-refractivity contribution in [3.8, 4) is 5.75 Å². The zero-order chi connectivity index (χ0) is 33.5. The predicted molar refractivity (Wildman–Crippen MR) is 138 cm³/mol. The number of aromatic nitrogens is 1. The number of amides is 2. The Morgan fingerprint density at radius 1 is 0.932 bits per heavy atom. The lowest BCUT2D eigenvalue weighted by molar-refractivity contribution is -0.192. The number of rotatable bonds is 9. The van der Waals surface area contributed by atoms with Gasteiger partial charge in [0, 0.05) is 24.0 Å². The van der Waals surface area contributed by atoms with E-state index in [1.54, 1.807) is 19.1 Å². The van der Waals surface area contributed by atoms with E-state index in [1.165, 1.54) is 25.1 Å².